The van der Waals surface area contributed by atoms with Crippen LogP contribution in [-0.2, 0) is 19.4 Å². The summed E-state index contributed by atoms with van der Waals surface area (Å²) < 4.78 is 0. The third kappa shape index (κ3) is 2.09. The summed E-state index contributed by atoms with van der Waals surface area (Å²) in [6.07, 6.45) is 2.00. The third-order valence-corrected chi connectivity index (χ3v) is 3.19. The van der Waals surface area contributed by atoms with Crippen molar-refractivity contribution in [3.63, 3.8) is 0 Å². The van der Waals surface area contributed by atoms with E-state index in [0.29, 0.717) is 5.92 Å². The van der Waals surface area contributed by atoms with Crippen LogP contribution in [0, 0.1) is 0 Å². The minimum Gasteiger partial charge on any atom is -0.302 e. The van der Waals surface area contributed by atoms with E-state index in [-0.39, 0.29) is 0 Å². The lowest BCUT2D eigenvalue weighted by molar-refractivity contribution is 0.306. The molecule has 0 bridgehead atoms. The fourth-order valence-corrected chi connectivity index (χ4v) is 2.26. The minimum absolute atomic E-state index is 0.494. The number of hydrogen-bond acceptors (Lipinski definition) is 3. The number of likely N-dealkylation sites (N-methyl/N-ethyl adjacent to an activating group) is 1. The van der Waals surface area contributed by atoms with E-state index in [1.165, 1.54) is 17.0 Å². The molecule has 88 valence electrons. The lowest BCUT2D eigenvalue weighted by Crippen LogP contribution is -2.29. The van der Waals surface area contributed by atoms with E-state index in [9.17, 15) is 0 Å². The van der Waals surface area contributed by atoms with Crippen molar-refractivity contribution in [2.24, 2.45) is 0 Å². The Kier molecular flexibility index (Phi) is 3.24. The number of aromatic nitrogens is 2. The van der Waals surface area contributed by atoms with E-state index < -0.39 is 0 Å². The second-order valence-electron chi connectivity index (χ2n) is 4.95. The molecule has 0 spiro atoms. The van der Waals surface area contributed by atoms with Crippen molar-refractivity contribution in [1.29, 1.82) is 0 Å². The van der Waals surface area contributed by atoms with Crippen LogP contribution in [-0.4, -0.2) is 28.5 Å². The molecule has 0 saturated carbocycles. The van der Waals surface area contributed by atoms with Crippen molar-refractivity contribution in [2.45, 2.75) is 46.1 Å². The standard InChI is InChI=1S/C13H21N3/c1-5-12-14-11-6-7-16(4)8-10(11)13(15-12)9(2)3/h9H,5-8H2,1-4H3. The summed E-state index contributed by atoms with van der Waals surface area (Å²) in [5, 5.41) is 0. The monoisotopic (exact) mass is 219 g/mol. The Morgan fingerprint density at radius 3 is 2.69 bits per heavy atom. The molecule has 0 aromatic carbocycles. The summed E-state index contributed by atoms with van der Waals surface area (Å²) in [6.45, 7) is 8.69. The van der Waals surface area contributed by atoms with Crippen molar-refractivity contribution in [1.82, 2.24) is 14.9 Å². The molecule has 1 aliphatic rings. The van der Waals surface area contributed by atoms with Gasteiger partial charge < -0.3 is 4.90 Å². The first-order valence-corrected chi connectivity index (χ1v) is 6.19. The van der Waals surface area contributed by atoms with Crippen molar-refractivity contribution >= 4 is 0 Å². The SMILES string of the molecule is CCc1nc2c(c(C(C)C)n1)CN(C)CC2. The molecule has 0 amide bonds. The molecule has 3 nitrogen and oxygen atoms in total. The van der Waals surface area contributed by atoms with Gasteiger partial charge in [-0.15, -0.1) is 0 Å². The quantitative estimate of drug-likeness (QED) is 0.763. The van der Waals surface area contributed by atoms with Gasteiger partial charge in [-0.1, -0.05) is 20.8 Å². The maximum atomic E-state index is 4.70. The first kappa shape index (κ1) is 11.5. The fourth-order valence-electron chi connectivity index (χ4n) is 2.26. The van der Waals surface area contributed by atoms with E-state index in [1.54, 1.807) is 0 Å². The van der Waals surface area contributed by atoms with E-state index in [2.05, 4.69) is 37.7 Å². The van der Waals surface area contributed by atoms with Crippen molar-refractivity contribution in [3.05, 3.63) is 22.8 Å². The van der Waals surface area contributed by atoms with Gasteiger partial charge in [-0.3, -0.25) is 0 Å². The molecule has 1 aliphatic heterocycles. The summed E-state index contributed by atoms with van der Waals surface area (Å²) in [6, 6.07) is 0. The normalized spacial score (nSPS) is 16.6. The Morgan fingerprint density at radius 1 is 1.31 bits per heavy atom. The van der Waals surface area contributed by atoms with Gasteiger partial charge in [0.1, 0.15) is 5.82 Å². The van der Waals surface area contributed by atoms with Gasteiger partial charge in [-0.2, -0.15) is 0 Å². The Hall–Kier alpha value is -0.960. The Morgan fingerprint density at radius 2 is 2.06 bits per heavy atom. The predicted octanol–water partition coefficient (Wildman–Crippen LogP) is 2.15. The van der Waals surface area contributed by atoms with E-state index in [1.807, 2.05) is 0 Å². The lowest BCUT2D eigenvalue weighted by Gasteiger charge is -2.27. The number of rotatable bonds is 2. The second-order valence-corrected chi connectivity index (χ2v) is 4.95. The molecule has 1 aromatic rings. The summed E-state index contributed by atoms with van der Waals surface area (Å²) in [5.74, 6) is 1.50. The van der Waals surface area contributed by atoms with Gasteiger partial charge in [0.25, 0.3) is 0 Å². The Balaban J connectivity index is 2.49. The molecule has 3 heteroatoms. The average molecular weight is 219 g/mol. The van der Waals surface area contributed by atoms with Crippen molar-refractivity contribution in [2.75, 3.05) is 13.6 Å². The van der Waals surface area contributed by atoms with Gasteiger partial charge in [-0.05, 0) is 13.0 Å². The second kappa shape index (κ2) is 4.50. The average Bonchev–Trinajstić information content (AvgIpc) is 2.27. The highest BCUT2D eigenvalue weighted by Gasteiger charge is 2.21. The molecular formula is C13H21N3. The van der Waals surface area contributed by atoms with Gasteiger partial charge in [0.05, 0.1) is 11.4 Å². The van der Waals surface area contributed by atoms with Gasteiger partial charge in [0.15, 0.2) is 0 Å². The third-order valence-electron chi connectivity index (χ3n) is 3.19. The summed E-state index contributed by atoms with van der Waals surface area (Å²) in [4.78, 5) is 11.7. The molecule has 0 unspecified atom stereocenters. The summed E-state index contributed by atoms with van der Waals surface area (Å²) >= 11 is 0. The predicted molar refractivity (Wildman–Crippen MR) is 65.5 cm³/mol. The maximum Gasteiger partial charge on any atom is 0.128 e. The van der Waals surface area contributed by atoms with Crippen LogP contribution in [0.15, 0.2) is 0 Å². The van der Waals surface area contributed by atoms with Crippen LogP contribution in [0.3, 0.4) is 0 Å². The van der Waals surface area contributed by atoms with Crippen molar-refractivity contribution < 1.29 is 0 Å². The first-order valence-electron chi connectivity index (χ1n) is 6.19. The van der Waals surface area contributed by atoms with E-state index >= 15 is 0 Å². The van der Waals surface area contributed by atoms with Gasteiger partial charge >= 0.3 is 0 Å². The molecule has 0 saturated heterocycles. The fraction of sp³-hybridized carbons (Fsp3) is 0.692. The largest absolute Gasteiger partial charge is 0.302 e. The van der Waals surface area contributed by atoms with Gasteiger partial charge in [-0.25, -0.2) is 9.97 Å². The van der Waals surface area contributed by atoms with E-state index in [4.69, 9.17) is 4.98 Å². The molecule has 0 atom stereocenters. The molecule has 0 N–H and O–H groups in total. The maximum absolute atomic E-state index is 4.70. The zero-order valence-electron chi connectivity index (χ0n) is 10.7. The summed E-state index contributed by atoms with van der Waals surface area (Å²) in [7, 11) is 2.17. The summed E-state index contributed by atoms with van der Waals surface area (Å²) in [5.41, 5.74) is 3.92. The van der Waals surface area contributed by atoms with Gasteiger partial charge in [0, 0.05) is 31.5 Å². The Labute approximate surface area is 97.9 Å². The highest BCUT2D eigenvalue weighted by molar-refractivity contribution is 5.30. The topological polar surface area (TPSA) is 29.0 Å². The van der Waals surface area contributed by atoms with Gasteiger partial charge in [0.2, 0.25) is 0 Å². The molecule has 0 radical (unpaired) electrons. The minimum atomic E-state index is 0.494. The molecule has 16 heavy (non-hydrogen) atoms. The van der Waals surface area contributed by atoms with Crippen LogP contribution in [0.5, 0.6) is 0 Å². The number of hydrogen-bond donors (Lipinski definition) is 0. The Bertz CT molecular complexity index is 385. The highest BCUT2D eigenvalue weighted by Crippen LogP contribution is 2.24. The molecular weight excluding hydrogens is 198 g/mol. The van der Waals surface area contributed by atoms with Crippen LogP contribution in [0.4, 0.5) is 0 Å². The molecule has 2 rings (SSSR count). The van der Waals surface area contributed by atoms with Crippen LogP contribution < -0.4 is 0 Å². The zero-order chi connectivity index (χ0) is 11.7. The molecule has 0 fully saturated rings. The molecule has 1 aromatic heterocycles. The zero-order valence-corrected chi connectivity index (χ0v) is 10.7. The van der Waals surface area contributed by atoms with Crippen LogP contribution in [0.25, 0.3) is 0 Å². The smallest absolute Gasteiger partial charge is 0.128 e. The number of nitrogens with zero attached hydrogens (tertiary/aromatic N) is 3. The lowest BCUT2D eigenvalue weighted by atomic mass is 9.97. The molecule has 0 aliphatic carbocycles. The van der Waals surface area contributed by atoms with Crippen LogP contribution in [0.1, 0.15) is 49.5 Å². The van der Waals surface area contributed by atoms with Crippen LogP contribution >= 0.6 is 0 Å². The highest BCUT2D eigenvalue weighted by atomic mass is 15.1. The molecule has 2 heterocycles. The number of fused-ring (bicyclic) bond motifs is 1. The number of aryl methyl sites for hydroxylation is 1. The first-order chi connectivity index (χ1) is 7.61. The van der Waals surface area contributed by atoms with E-state index in [0.717, 1.165) is 31.8 Å². The van der Waals surface area contributed by atoms with Crippen LogP contribution in [0.2, 0.25) is 0 Å². The van der Waals surface area contributed by atoms with Crippen molar-refractivity contribution in [3.8, 4) is 0 Å².